The van der Waals surface area contributed by atoms with Crippen LogP contribution in [0.2, 0.25) is 0 Å². The zero-order valence-electron chi connectivity index (χ0n) is 13.3. The SMILES string of the molecule is CCCC(OCC)C(Cc1cccc(OC)c1)NCC. The van der Waals surface area contributed by atoms with Crippen molar-refractivity contribution in [1.82, 2.24) is 5.32 Å². The molecule has 3 heteroatoms. The lowest BCUT2D eigenvalue weighted by atomic mass is 9.98. The Balaban J connectivity index is 2.77. The number of rotatable bonds is 10. The second-order valence-electron chi connectivity index (χ2n) is 5.00. The van der Waals surface area contributed by atoms with Crippen molar-refractivity contribution in [2.75, 3.05) is 20.3 Å². The van der Waals surface area contributed by atoms with Gasteiger partial charge in [0.25, 0.3) is 0 Å². The van der Waals surface area contributed by atoms with Crippen molar-refractivity contribution in [1.29, 1.82) is 0 Å². The largest absolute Gasteiger partial charge is 0.497 e. The second kappa shape index (κ2) is 9.78. The summed E-state index contributed by atoms with van der Waals surface area (Å²) in [6.07, 6.45) is 3.48. The minimum absolute atomic E-state index is 0.274. The first-order chi connectivity index (χ1) is 9.74. The van der Waals surface area contributed by atoms with Crippen molar-refractivity contribution in [2.45, 2.75) is 52.2 Å². The second-order valence-corrected chi connectivity index (χ2v) is 5.00. The zero-order valence-corrected chi connectivity index (χ0v) is 13.3. The molecule has 0 radical (unpaired) electrons. The number of hydrogen-bond acceptors (Lipinski definition) is 3. The number of likely N-dealkylation sites (N-methyl/N-ethyl adjacent to an activating group) is 1. The van der Waals surface area contributed by atoms with Crippen LogP contribution in [0.15, 0.2) is 24.3 Å². The zero-order chi connectivity index (χ0) is 14.8. The van der Waals surface area contributed by atoms with Crippen LogP contribution in [0.25, 0.3) is 0 Å². The molecule has 0 saturated heterocycles. The quantitative estimate of drug-likeness (QED) is 0.712. The molecule has 3 nitrogen and oxygen atoms in total. The van der Waals surface area contributed by atoms with E-state index in [2.05, 4.69) is 38.2 Å². The Bertz CT molecular complexity index is 362. The third-order valence-corrected chi connectivity index (χ3v) is 3.46. The van der Waals surface area contributed by atoms with Crippen LogP contribution in [-0.2, 0) is 11.2 Å². The standard InChI is InChI=1S/C17H29NO2/c1-5-9-17(20-7-3)16(18-6-2)13-14-10-8-11-15(12-14)19-4/h8,10-12,16-18H,5-7,9,13H2,1-4H3. The molecule has 0 spiro atoms. The molecule has 0 amide bonds. The minimum atomic E-state index is 0.274. The molecule has 114 valence electrons. The molecule has 0 aliphatic rings. The van der Waals surface area contributed by atoms with Crippen LogP contribution in [0, 0.1) is 0 Å². The molecule has 1 aromatic rings. The summed E-state index contributed by atoms with van der Waals surface area (Å²) in [7, 11) is 1.71. The van der Waals surface area contributed by atoms with Gasteiger partial charge in [0.05, 0.1) is 13.2 Å². The topological polar surface area (TPSA) is 30.5 Å². The fourth-order valence-corrected chi connectivity index (χ4v) is 2.55. The Labute approximate surface area is 123 Å². The van der Waals surface area contributed by atoms with E-state index < -0.39 is 0 Å². The molecule has 0 heterocycles. The molecule has 0 bridgehead atoms. The summed E-state index contributed by atoms with van der Waals surface area (Å²) in [5.41, 5.74) is 1.29. The Morgan fingerprint density at radius 1 is 1.20 bits per heavy atom. The van der Waals surface area contributed by atoms with Gasteiger partial charge in [0.15, 0.2) is 0 Å². The third kappa shape index (κ3) is 5.51. The summed E-state index contributed by atoms with van der Waals surface area (Å²) in [4.78, 5) is 0. The van der Waals surface area contributed by atoms with E-state index >= 15 is 0 Å². The lowest BCUT2D eigenvalue weighted by molar-refractivity contribution is 0.0285. The molecule has 20 heavy (non-hydrogen) atoms. The lowest BCUT2D eigenvalue weighted by Crippen LogP contribution is -2.43. The maximum absolute atomic E-state index is 5.93. The summed E-state index contributed by atoms with van der Waals surface area (Å²) in [5, 5.41) is 3.57. The van der Waals surface area contributed by atoms with Gasteiger partial charge in [-0.25, -0.2) is 0 Å². The Hall–Kier alpha value is -1.06. The van der Waals surface area contributed by atoms with E-state index in [-0.39, 0.29) is 6.10 Å². The Morgan fingerprint density at radius 2 is 2.00 bits per heavy atom. The average Bonchev–Trinajstić information content (AvgIpc) is 2.47. The van der Waals surface area contributed by atoms with Crippen molar-refractivity contribution in [3.8, 4) is 5.75 Å². The van der Waals surface area contributed by atoms with Crippen LogP contribution >= 0.6 is 0 Å². The third-order valence-electron chi connectivity index (χ3n) is 3.46. The van der Waals surface area contributed by atoms with Gasteiger partial charge in [-0.15, -0.1) is 0 Å². The molecule has 1 aromatic carbocycles. The number of nitrogens with one attached hydrogen (secondary N) is 1. The maximum atomic E-state index is 5.93. The molecule has 0 saturated carbocycles. The van der Waals surface area contributed by atoms with Gasteiger partial charge in [-0.1, -0.05) is 32.4 Å². The van der Waals surface area contributed by atoms with Crippen LogP contribution in [0.3, 0.4) is 0 Å². The normalized spacial score (nSPS) is 14.0. The lowest BCUT2D eigenvalue weighted by Gasteiger charge is -2.28. The van der Waals surface area contributed by atoms with E-state index in [1.165, 1.54) is 5.56 Å². The summed E-state index contributed by atoms with van der Waals surface area (Å²) >= 11 is 0. The van der Waals surface area contributed by atoms with Crippen LogP contribution in [0.4, 0.5) is 0 Å². The van der Waals surface area contributed by atoms with Gasteiger partial charge in [-0.05, 0) is 44.0 Å². The Morgan fingerprint density at radius 3 is 2.60 bits per heavy atom. The molecule has 1 rings (SSSR count). The highest BCUT2D eigenvalue weighted by Gasteiger charge is 2.20. The predicted octanol–water partition coefficient (Wildman–Crippen LogP) is 3.42. The van der Waals surface area contributed by atoms with E-state index in [0.717, 1.165) is 38.2 Å². The van der Waals surface area contributed by atoms with Crippen LogP contribution < -0.4 is 10.1 Å². The van der Waals surface area contributed by atoms with Gasteiger partial charge < -0.3 is 14.8 Å². The average molecular weight is 279 g/mol. The van der Waals surface area contributed by atoms with Gasteiger partial charge in [-0.3, -0.25) is 0 Å². The number of hydrogen-bond donors (Lipinski definition) is 1. The van der Waals surface area contributed by atoms with E-state index in [1.54, 1.807) is 7.11 Å². The summed E-state index contributed by atoms with van der Waals surface area (Å²) < 4.78 is 11.2. The number of benzene rings is 1. The summed E-state index contributed by atoms with van der Waals surface area (Å²) in [5.74, 6) is 0.918. The van der Waals surface area contributed by atoms with E-state index in [4.69, 9.17) is 9.47 Å². The van der Waals surface area contributed by atoms with Crippen molar-refractivity contribution >= 4 is 0 Å². The summed E-state index contributed by atoms with van der Waals surface area (Å²) in [6, 6.07) is 8.65. The minimum Gasteiger partial charge on any atom is -0.497 e. The highest BCUT2D eigenvalue weighted by molar-refractivity contribution is 5.29. The van der Waals surface area contributed by atoms with Gasteiger partial charge in [0.2, 0.25) is 0 Å². The molecular formula is C17H29NO2. The number of ether oxygens (including phenoxy) is 2. The highest BCUT2D eigenvalue weighted by Crippen LogP contribution is 2.17. The molecule has 0 aliphatic carbocycles. The van der Waals surface area contributed by atoms with Crippen molar-refractivity contribution in [3.63, 3.8) is 0 Å². The van der Waals surface area contributed by atoms with E-state index in [1.807, 2.05) is 12.1 Å². The monoisotopic (exact) mass is 279 g/mol. The first kappa shape index (κ1) is 17.0. The van der Waals surface area contributed by atoms with Crippen LogP contribution in [0.5, 0.6) is 5.75 Å². The molecule has 1 N–H and O–H groups in total. The van der Waals surface area contributed by atoms with E-state index in [9.17, 15) is 0 Å². The molecular weight excluding hydrogens is 250 g/mol. The van der Waals surface area contributed by atoms with Gasteiger partial charge in [0, 0.05) is 12.6 Å². The molecule has 0 aliphatic heterocycles. The summed E-state index contributed by atoms with van der Waals surface area (Å²) in [6.45, 7) is 8.15. The Kier molecular flexibility index (Phi) is 8.31. The molecule has 0 aromatic heterocycles. The van der Waals surface area contributed by atoms with Crippen LogP contribution in [-0.4, -0.2) is 32.4 Å². The van der Waals surface area contributed by atoms with Crippen LogP contribution in [0.1, 0.15) is 39.2 Å². The number of methoxy groups -OCH3 is 1. The van der Waals surface area contributed by atoms with Gasteiger partial charge in [-0.2, -0.15) is 0 Å². The van der Waals surface area contributed by atoms with Crippen molar-refractivity contribution in [3.05, 3.63) is 29.8 Å². The van der Waals surface area contributed by atoms with Gasteiger partial charge >= 0.3 is 0 Å². The molecule has 2 unspecified atom stereocenters. The fourth-order valence-electron chi connectivity index (χ4n) is 2.55. The predicted molar refractivity (Wildman–Crippen MR) is 84.5 cm³/mol. The first-order valence-corrected chi connectivity index (χ1v) is 7.73. The van der Waals surface area contributed by atoms with Gasteiger partial charge in [0.1, 0.15) is 5.75 Å². The smallest absolute Gasteiger partial charge is 0.119 e. The molecule has 2 atom stereocenters. The fraction of sp³-hybridized carbons (Fsp3) is 0.647. The highest BCUT2D eigenvalue weighted by atomic mass is 16.5. The molecule has 0 fully saturated rings. The first-order valence-electron chi connectivity index (χ1n) is 7.73. The van der Waals surface area contributed by atoms with Crippen molar-refractivity contribution in [2.24, 2.45) is 0 Å². The van der Waals surface area contributed by atoms with Crippen molar-refractivity contribution < 1.29 is 9.47 Å². The van der Waals surface area contributed by atoms with E-state index in [0.29, 0.717) is 6.04 Å². The maximum Gasteiger partial charge on any atom is 0.119 e.